The van der Waals surface area contributed by atoms with E-state index in [0.29, 0.717) is 0 Å². The van der Waals surface area contributed by atoms with Crippen molar-refractivity contribution < 1.29 is 58.7 Å². The number of carboxylic acids is 4. The fraction of sp³-hybridized carbons (Fsp3) is 0.500. The maximum Gasteiger partial charge on any atom is 0.349 e. The van der Waals surface area contributed by atoms with Crippen molar-refractivity contribution in [2.24, 2.45) is 0 Å². The summed E-state index contributed by atoms with van der Waals surface area (Å²) in [4.78, 5) is 65.3. The molecule has 0 aliphatic rings. The van der Waals surface area contributed by atoms with Crippen molar-refractivity contribution >= 4 is 35.8 Å². The van der Waals surface area contributed by atoms with Gasteiger partial charge in [-0.05, 0) is 0 Å². The lowest BCUT2D eigenvalue weighted by Crippen LogP contribution is -2.45. The third kappa shape index (κ3) is 8.31. The SMILES string of the molecule is O=C(O)CCC(=O)OC(C(=O)O)C(OC(=O)CCC(=O)O)C(=O)O. The van der Waals surface area contributed by atoms with Gasteiger partial charge >= 0.3 is 35.8 Å². The molecule has 12 nitrogen and oxygen atoms in total. The van der Waals surface area contributed by atoms with Gasteiger partial charge in [-0.1, -0.05) is 0 Å². The highest BCUT2D eigenvalue weighted by Gasteiger charge is 2.40. The summed E-state index contributed by atoms with van der Waals surface area (Å²) in [5.74, 6) is -9.27. The lowest BCUT2D eigenvalue weighted by atomic mass is 10.2. The Morgan fingerprint density at radius 2 is 0.875 bits per heavy atom. The molecular formula is C12H14O12. The molecule has 0 amide bonds. The summed E-state index contributed by atoms with van der Waals surface area (Å²) < 4.78 is 8.67. The van der Waals surface area contributed by atoms with Crippen LogP contribution < -0.4 is 0 Å². The van der Waals surface area contributed by atoms with E-state index in [-0.39, 0.29) is 0 Å². The molecule has 0 saturated carbocycles. The molecule has 0 aromatic rings. The normalized spacial score (nSPS) is 12.5. The molecule has 0 aliphatic carbocycles. The van der Waals surface area contributed by atoms with Crippen LogP contribution in [0.25, 0.3) is 0 Å². The molecule has 0 saturated heterocycles. The molecule has 0 aromatic carbocycles. The Morgan fingerprint density at radius 3 is 1.08 bits per heavy atom. The van der Waals surface area contributed by atoms with Gasteiger partial charge in [-0.3, -0.25) is 19.2 Å². The molecule has 2 atom stereocenters. The van der Waals surface area contributed by atoms with E-state index in [2.05, 4.69) is 9.47 Å². The minimum atomic E-state index is -2.42. The molecule has 134 valence electrons. The first-order valence-electron chi connectivity index (χ1n) is 6.32. The topological polar surface area (TPSA) is 202 Å². The van der Waals surface area contributed by atoms with Crippen LogP contribution >= 0.6 is 0 Å². The van der Waals surface area contributed by atoms with E-state index in [1.54, 1.807) is 0 Å². The highest BCUT2D eigenvalue weighted by molar-refractivity contribution is 5.88. The number of carbonyl (C=O) groups is 6. The van der Waals surface area contributed by atoms with Gasteiger partial charge in [0.15, 0.2) is 0 Å². The maximum absolute atomic E-state index is 11.3. The van der Waals surface area contributed by atoms with E-state index in [1.807, 2.05) is 0 Å². The molecule has 0 fully saturated rings. The Balaban J connectivity index is 4.97. The Hall–Kier alpha value is -3.18. The molecule has 0 bridgehead atoms. The van der Waals surface area contributed by atoms with E-state index in [4.69, 9.17) is 20.4 Å². The Kier molecular flexibility index (Phi) is 8.47. The van der Waals surface area contributed by atoms with Gasteiger partial charge in [0.1, 0.15) is 0 Å². The highest BCUT2D eigenvalue weighted by Crippen LogP contribution is 2.10. The van der Waals surface area contributed by atoms with E-state index in [1.165, 1.54) is 0 Å². The van der Waals surface area contributed by atoms with Gasteiger partial charge in [0.05, 0.1) is 25.7 Å². The van der Waals surface area contributed by atoms with Crippen LogP contribution in [0.15, 0.2) is 0 Å². The monoisotopic (exact) mass is 350 g/mol. The lowest BCUT2D eigenvalue weighted by Gasteiger charge is -2.20. The second-order valence-electron chi connectivity index (χ2n) is 4.28. The summed E-state index contributed by atoms with van der Waals surface area (Å²) in [5, 5.41) is 34.6. The maximum atomic E-state index is 11.3. The third-order valence-corrected chi connectivity index (χ3v) is 2.36. The van der Waals surface area contributed by atoms with Crippen LogP contribution in [0.4, 0.5) is 0 Å². The number of hydrogen-bond donors (Lipinski definition) is 4. The Labute approximate surface area is 133 Å². The number of ether oxygens (including phenoxy) is 2. The fourth-order valence-electron chi connectivity index (χ4n) is 1.30. The summed E-state index contributed by atoms with van der Waals surface area (Å²) in [5.41, 5.74) is 0. The van der Waals surface area contributed by atoms with Crippen LogP contribution in [-0.2, 0) is 38.2 Å². The zero-order valence-electron chi connectivity index (χ0n) is 12.0. The summed E-state index contributed by atoms with van der Waals surface area (Å²) in [6, 6.07) is 0. The smallest absolute Gasteiger partial charge is 0.349 e. The average molecular weight is 350 g/mol. The van der Waals surface area contributed by atoms with Crippen LogP contribution in [0.3, 0.4) is 0 Å². The molecule has 2 unspecified atom stereocenters. The molecule has 0 aliphatic heterocycles. The van der Waals surface area contributed by atoms with E-state index < -0.39 is 73.7 Å². The molecule has 12 heteroatoms. The van der Waals surface area contributed by atoms with Crippen molar-refractivity contribution in [1.82, 2.24) is 0 Å². The molecule has 4 N–H and O–H groups in total. The first-order chi connectivity index (χ1) is 11.0. The van der Waals surface area contributed by atoms with Crippen LogP contribution in [0, 0.1) is 0 Å². The van der Waals surface area contributed by atoms with Gasteiger partial charge in [0, 0.05) is 0 Å². The predicted octanol–water partition coefficient (Wildman–Crippen LogP) is -1.29. The van der Waals surface area contributed by atoms with Crippen LogP contribution in [-0.4, -0.2) is 68.4 Å². The predicted molar refractivity (Wildman–Crippen MR) is 68.8 cm³/mol. The van der Waals surface area contributed by atoms with Crippen molar-refractivity contribution in [2.75, 3.05) is 0 Å². The van der Waals surface area contributed by atoms with Gasteiger partial charge in [-0.2, -0.15) is 0 Å². The fourth-order valence-corrected chi connectivity index (χ4v) is 1.30. The van der Waals surface area contributed by atoms with Crippen molar-refractivity contribution in [3.8, 4) is 0 Å². The lowest BCUT2D eigenvalue weighted by molar-refractivity contribution is -0.187. The number of rotatable bonds is 11. The summed E-state index contributed by atoms with van der Waals surface area (Å²) >= 11 is 0. The minimum absolute atomic E-state index is 0.679. The minimum Gasteiger partial charge on any atom is -0.481 e. The summed E-state index contributed by atoms with van der Waals surface area (Å²) in [6.45, 7) is 0. The largest absolute Gasteiger partial charge is 0.481 e. The van der Waals surface area contributed by atoms with E-state index in [9.17, 15) is 28.8 Å². The highest BCUT2D eigenvalue weighted by atomic mass is 16.6. The molecule has 0 heterocycles. The Morgan fingerprint density at radius 1 is 0.583 bits per heavy atom. The zero-order valence-corrected chi connectivity index (χ0v) is 12.0. The first kappa shape index (κ1) is 20.8. The number of carbonyl (C=O) groups excluding carboxylic acids is 2. The summed E-state index contributed by atoms with van der Waals surface area (Å²) in [7, 11) is 0. The van der Waals surface area contributed by atoms with Gasteiger partial charge in [-0.15, -0.1) is 0 Å². The van der Waals surface area contributed by atoms with Crippen molar-refractivity contribution in [1.29, 1.82) is 0 Å². The van der Waals surface area contributed by atoms with Crippen LogP contribution in [0.1, 0.15) is 25.7 Å². The first-order valence-corrected chi connectivity index (χ1v) is 6.32. The molecular weight excluding hydrogens is 336 g/mol. The molecule has 0 aromatic heterocycles. The molecule has 24 heavy (non-hydrogen) atoms. The van der Waals surface area contributed by atoms with Crippen molar-refractivity contribution in [3.63, 3.8) is 0 Å². The molecule has 0 rings (SSSR count). The van der Waals surface area contributed by atoms with Gasteiger partial charge in [0.2, 0.25) is 12.2 Å². The average Bonchev–Trinajstić information content (AvgIpc) is 2.45. The molecule has 0 spiro atoms. The van der Waals surface area contributed by atoms with Crippen molar-refractivity contribution in [3.05, 3.63) is 0 Å². The Bertz CT molecular complexity index is 488. The van der Waals surface area contributed by atoms with Crippen LogP contribution in [0.5, 0.6) is 0 Å². The number of esters is 2. The van der Waals surface area contributed by atoms with Gasteiger partial charge < -0.3 is 29.9 Å². The van der Waals surface area contributed by atoms with E-state index in [0.717, 1.165) is 0 Å². The molecule has 0 radical (unpaired) electrons. The second kappa shape index (κ2) is 9.76. The van der Waals surface area contributed by atoms with Crippen LogP contribution in [0.2, 0.25) is 0 Å². The number of aliphatic carboxylic acids is 4. The van der Waals surface area contributed by atoms with Crippen molar-refractivity contribution in [2.45, 2.75) is 37.9 Å². The quantitative estimate of drug-likeness (QED) is 0.321. The number of carboxylic acid groups (broad SMARTS) is 4. The van der Waals surface area contributed by atoms with Gasteiger partial charge in [0.25, 0.3) is 0 Å². The third-order valence-electron chi connectivity index (χ3n) is 2.36. The van der Waals surface area contributed by atoms with E-state index >= 15 is 0 Å². The zero-order chi connectivity index (χ0) is 18.9. The summed E-state index contributed by atoms with van der Waals surface area (Å²) in [6.07, 6.45) is -7.64. The number of hydrogen-bond acceptors (Lipinski definition) is 8. The standard InChI is InChI=1S/C12H14O12/c13-5(14)1-3-7(17)23-9(11(19)20)10(12(21)22)24-8(18)4-2-6(15)16/h9-10H,1-4H2,(H,13,14)(H,15,16)(H,19,20)(H,21,22). The van der Waals surface area contributed by atoms with Gasteiger partial charge in [-0.25, -0.2) is 9.59 Å². The second-order valence-corrected chi connectivity index (χ2v) is 4.28.